The van der Waals surface area contributed by atoms with Crippen molar-refractivity contribution in [1.82, 2.24) is 15.0 Å². The maximum absolute atomic E-state index is 12.6. The molecule has 0 unspecified atom stereocenters. The molecule has 1 saturated heterocycles. The van der Waals surface area contributed by atoms with Gasteiger partial charge in [-0.25, -0.2) is 0 Å². The van der Waals surface area contributed by atoms with Crippen LogP contribution in [0.3, 0.4) is 0 Å². The average Bonchev–Trinajstić information content (AvgIpc) is 3.40. The molecule has 0 spiro atoms. The lowest BCUT2D eigenvalue weighted by Gasteiger charge is -2.25. The van der Waals surface area contributed by atoms with Crippen LogP contribution in [0.15, 0.2) is 51.6 Å². The van der Waals surface area contributed by atoms with Gasteiger partial charge in [-0.15, -0.1) is 0 Å². The maximum atomic E-state index is 12.6. The van der Waals surface area contributed by atoms with Crippen LogP contribution >= 0.6 is 0 Å². The van der Waals surface area contributed by atoms with Crippen LogP contribution in [0.5, 0.6) is 0 Å². The number of hydrogen-bond donors (Lipinski definition) is 0. The average molecular weight is 335 g/mol. The van der Waals surface area contributed by atoms with Gasteiger partial charge in [0.2, 0.25) is 5.91 Å². The summed E-state index contributed by atoms with van der Waals surface area (Å²) in [5, 5.41) is 4.07. The molecule has 0 saturated carbocycles. The largest absolute Gasteiger partial charge is 0.459 e. The van der Waals surface area contributed by atoms with E-state index in [9.17, 15) is 4.79 Å². The van der Waals surface area contributed by atoms with Gasteiger partial charge in [-0.3, -0.25) is 4.79 Å². The summed E-state index contributed by atoms with van der Waals surface area (Å²) in [4.78, 5) is 19.0. The molecule has 1 fully saturated rings. The molecule has 6 nitrogen and oxygen atoms in total. The number of likely N-dealkylation sites (tertiary alicyclic amines) is 1. The lowest BCUT2D eigenvalue weighted by molar-refractivity contribution is -0.129. The molecule has 3 aromatic rings. The number of aryl methyl sites for hydroxylation is 1. The van der Waals surface area contributed by atoms with Crippen LogP contribution in [-0.2, 0) is 11.2 Å². The Labute approximate surface area is 144 Å². The molecule has 5 rings (SSSR count). The Bertz CT molecular complexity index is 916. The molecule has 2 aromatic heterocycles. The number of fused-ring (bicyclic) bond motifs is 1. The van der Waals surface area contributed by atoms with Crippen molar-refractivity contribution >= 4 is 5.91 Å². The summed E-state index contributed by atoms with van der Waals surface area (Å²) in [6.45, 7) is 0.634. The third-order valence-electron chi connectivity index (χ3n) is 5.17. The molecular weight excluding hydrogens is 318 g/mol. The van der Waals surface area contributed by atoms with Crippen molar-refractivity contribution in [3.8, 4) is 11.7 Å². The lowest BCUT2D eigenvalue weighted by atomic mass is 10.1. The summed E-state index contributed by atoms with van der Waals surface area (Å²) < 4.78 is 10.6. The number of aromatic nitrogens is 2. The third kappa shape index (κ3) is 2.36. The van der Waals surface area contributed by atoms with E-state index in [1.807, 2.05) is 11.0 Å². The molecule has 25 heavy (non-hydrogen) atoms. The highest BCUT2D eigenvalue weighted by molar-refractivity contribution is 5.80. The number of carbonyl (C=O) groups is 1. The summed E-state index contributed by atoms with van der Waals surface area (Å²) in [5.41, 5.74) is 2.63. The lowest BCUT2D eigenvalue weighted by Crippen LogP contribution is -2.28. The first kappa shape index (κ1) is 14.5. The van der Waals surface area contributed by atoms with Gasteiger partial charge in [0.1, 0.15) is 0 Å². The molecule has 0 N–H and O–H groups in total. The molecular formula is C19H17N3O3. The predicted molar refractivity (Wildman–Crippen MR) is 88.6 cm³/mol. The van der Waals surface area contributed by atoms with Gasteiger partial charge < -0.3 is 13.8 Å². The van der Waals surface area contributed by atoms with Crippen LogP contribution in [0.4, 0.5) is 0 Å². The minimum Gasteiger partial charge on any atom is -0.459 e. The third-order valence-corrected chi connectivity index (χ3v) is 5.17. The van der Waals surface area contributed by atoms with Gasteiger partial charge in [0.05, 0.1) is 12.3 Å². The highest BCUT2D eigenvalue weighted by Gasteiger charge is 2.40. The quantitative estimate of drug-likeness (QED) is 0.734. The van der Waals surface area contributed by atoms with Crippen LogP contribution in [-0.4, -0.2) is 27.5 Å². The van der Waals surface area contributed by atoms with Gasteiger partial charge in [0.15, 0.2) is 11.6 Å². The van der Waals surface area contributed by atoms with Crippen molar-refractivity contribution in [2.75, 3.05) is 6.54 Å². The Balaban J connectivity index is 1.38. The highest BCUT2D eigenvalue weighted by Crippen LogP contribution is 2.40. The predicted octanol–water partition coefficient (Wildman–Crippen LogP) is 3.33. The molecule has 1 aliphatic carbocycles. The number of rotatable bonds is 3. The molecule has 3 heterocycles. The number of carbonyl (C=O) groups excluding carboxylic acids is 1. The molecule has 1 aromatic carbocycles. The molecule has 2 atom stereocenters. The molecule has 1 amide bonds. The van der Waals surface area contributed by atoms with Crippen molar-refractivity contribution in [2.24, 2.45) is 0 Å². The second-order valence-corrected chi connectivity index (χ2v) is 6.64. The zero-order valence-corrected chi connectivity index (χ0v) is 13.6. The van der Waals surface area contributed by atoms with E-state index in [1.165, 1.54) is 11.1 Å². The number of furan rings is 1. The van der Waals surface area contributed by atoms with E-state index in [-0.39, 0.29) is 17.9 Å². The van der Waals surface area contributed by atoms with Crippen LogP contribution < -0.4 is 0 Å². The Morgan fingerprint density at radius 1 is 1.16 bits per heavy atom. The van der Waals surface area contributed by atoms with Crippen molar-refractivity contribution in [3.63, 3.8) is 0 Å². The van der Waals surface area contributed by atoms with Crippen LogP contribution in [0.1, 0.15) is 41.8 Å². The summed E-state index contributed by atoms with van der Waals surface area (Å²) >= 11 is 0. The van der Waals surface area contributed by atoms with Crippen LogP contribution in [0, 0.1) is 0 Å². The Morgan fingerprint density at radius 3 is 2.96 bits per heavy atom. The first-order valence-electron chi connectivity index (χ1n) is 8.54. The van der Waals surface area contributed by atoms with Crippen molar-refractivity contribution in [2.45, 2.75) is 31.2 Å². The van der Waals surface area contributed by atoms with E-state index >= 15 is 0 Å². The SMILES string of the molecule is O=C1C[C@H](c2noc(-c3ccco3)n2)CN1[C@@H]1CCc2ccccc21. The van der Waals surface area contributed by atoms with Crippen molar-refractivity contribution < 1.29 is 13.7 Å². The fourth-order valence-corrected chi connectivity index (χ4v) is 3.97. The van der Waals surface area contributed by atoms with E-state index in [0.29, 0.717) is 30.4 Å². The molecule has 2 aliphatic rings. The van der Waals surface area contributed by atoms with E-state index in [2.05, 4.69) is 28.3 Å². The summed E-state index contributed by atoms with van der Waals surface area (Å²) in [6.07, 6.45) is 4.01. The first-order valence-corrected chi connectivity index (χ1v) is 8.54. The normalized spacial score (nSPS) is 22.6. The van der Waals surface area contributed by atoms with Crippen molar-refractivity contribution in [3.05, 3.63) is 59.6 Å². The van der Waals surface area contributed by atoms with Gasteiger partial charge in [-0.2, -0.15) is 4.98 Å². The van der Waals surface area contributed by atoms with E-state index in [4.69, 9.17) is 8.94 Å². The zero-order chi connectivity index (χ0) is 16.8. The van der Waals surface area contributed by atoms with Crippen LogP contribution in [0.2, 0.25) is 0 Å². The van der Waals surface area contributed by atoms with Gasteiger partial charge in [0.25, 0.3) is 5.89 Å². The van der Waals surface area contributed by atoms with Crippen molar-refractivity contribution in [1.29, 1.82) is 0 Å². The zero-order valence-electron chi connectivity index (χ0n) is 13.6. The maximum Gasteiger partial charge on any atom is 0.293 e. The van der Waals surface area contributed by atoms with Gasteiger partial charge in [0, 0.05) is 18.9 Å². The van der Waals surface area contributed by atoms with E-state index in [1.54, 1.807) is 18.4 Å². The van der Waals surface area contributed by atoms with Crippen LogP contribution in [0.25, 0.3) is 11.7 Å². The fraction of sp³-hybridized carbons (Fsp3) is 0.316. The number of benzene rings is 1. The minimum atomic E-state index is -0.0345. The molecule has 6 heteroatoms. The minimum absolute atomic E-state index is 0.0345. The fourth-order valence-electron chi connectivity index (χ4n) is 3.97. The number of hydrogen-bond acceptors (Lipinski definition) is 5. The Morgan fingerprint density at radius 2 is 2.08 bits per heavy atom. The van der Waals surface area contributed by atoms with Gasteiger partial charge >= 0.3 is 0 Å². The highest BCUT2D eigenvalue weighted by atomic mass is 16.5. The van der Waals surface area contributed by atoms with E-state index < -0.39 is 0 Å². The Hall–Kier alpha value is -2.89. The summed E-state index contributed by atoms with van der Waals surface area (Å²) in [6, 6.07) is 12.1. The molecule has 0 bridgehead atoms. The monoisotopic (exact) mass is 335 g/mol. The smallest absolute Gasteiger partial charge is 0.293 e. The standard InChI is InChI=1S/C19H17N3O3/c23-17-10-13(18-20-19(25-21-18)16-6-3-9-24-16)11-22(17)15-8-7-12-4-1-2-5-14(12)15/h1-6,9,13,15H,7-8,10-11H2/t13-,15+/m0/s1. The number of amides is 1. The molecule has 0 radical (unpaired) electrons. The molecule has 1 aliphatic heterocycles. The summed E-state index contributed by atoms with van der Waals surface area (Å²) in [5.74, 6) is 1.61. The number of nitrogens with zero attached hydrogens (tertiary/aromatic N) is 3. The first-order chi connectivity index (χ1) is 12.3. The topological polar surface area (TPSA) is 72.4 Å². The second-order valence-electron chi connectivity index (χ2n) is 6.64. The summed E-state index contributed by atoms with van der Waals surface area (Å²) in [7, 11) is 0. The van der Waals surface area contributed by atoms with E-state index in [0.717, 1.165) is 12.8 Å². The van der Waals surface area contributed by atoms with Gasteiger partial charge in [-0.05, 0) is 36.1 Å². The second kappa shape index (κ2) is 5.58. The Kier molecular flexibility index (Phi) is 3.23. The van der Waals surface area contributed by atoms with Gasteiger partial charge in [-0.1, -0.05) is 29.4 Å². The molecule has 126 valence electrons.